The summed E-state index contributed by atoms with van der Waals surface area (Å²) in [6.07, 6.45) is 0.771. The molecule has 1 aromatic heterocycles. The summed E-state index contributed by atoms with van der Waals surface area (Å²) in [5.74, 6) is -2.95. The molecule has 2 aromatic carbocycles. The van der Waals surface area contributed by atoms with Crippen LogP contribution in [-0.4, -0.2) is 16.6 Å². The summed E-state index contributed by atoms with van der Waals surface area (Å²) >= 11 is 7.78. The van der Waals surface area contributed by atoms with Crippen LogP contribution in [0.25, 0.3) is 0 Å². The Morgan fingerprint density at radius 1 is 1.19 bits per heavy atom. The van der Waals surface area contributed by atoms with Crippen molar-refractivity contribution in [3.05, 3.63) is 75.2 Å². The number of anilines is 1. The molecule has 140 valence electrons. The number of hydrogen-bond donors (Lipinski definition) is 1. The first-order valence-electron chi connectivity index (χ1n) is 8.01. The fourth-order valence-corrected chi connectivity index (χ4v) is 4.20. The van der Waals surface area contributed by atoms with E-state index in [2.05, 4.69) is 10.3 Å². The Hall–Kier alpha value is -1.96. The second kappa shape index (κ2) is 9.30. The highest BCUT2D eigenvalue weighted by Crippen LogP contribution is 2.37. The number of carbonyl (C=O) groups is 1. The first kappa shape index (κ1) is 19.8. The standard InChI is InChI=1S/C19H15ClF2N2OS2/c20-14-7-4-8-15(18(14)27-19(21)22)24-16(25)10-13-11-26-17(23-13)9-12-5-2-1-3-6-12/h1-8,11,19H,9-10H2,(H,24,25). The Kier molecular flexibility index (Phi) is 6.82. The van der Waals surface area contributed by atoms with Gasteiger partial charge in [0.05, 0.1) is 32.7 Å². The van der Waals surface area contributed by atoms with Crippen LogP contribution in [0.4, 0.5) is 14.5 Å². The summed E-state index contributed by atoms with van der Waals surface area (Å²) in [4.78, 5) is 17.0. The second-order valence-corrected chi connectivity index (χ2v) is 7.97. The number of nitrogens with one attached hydrogen (secondary N) is 1. The molecule has 0 saturated carbocycles. The van der Waals surface area contributed by atoms with Gasteiger partial charge in [0.15, 0.2) is 0 Å². The van der Waals surface area contributed by atoms with Gasteiger partial charge in [-0.05, 0) is 17.7 Å². The van der Waals surface area contributed by atoms with Gasteiger partial charge in [0.2, 0.25) is 5.91 Å². The molecule has 3 rings (SSSR count). The molecule has 3 nitrogen and oxygen atoms in total. The van der Waals surface area contributed by atoms with E-state index in [0.29, 0.717) is 23.9 Å². The summed E-state index contributed by atoms with van der Waals surface area (Å²) < 4.78 is 25.5. The normalized spacial score (nSPS) is 11.0. The molecule has 0 aliphatic carbocycles. The topological polar surface area (TPSA) is 42.0 Å². The molecule has 1 heterocycles. The van der Waals surface area contributed by atoms with Crippen molar-refractivity contribution in [2.75, 3.05) is 5.32 Å². The van der Waals surface area contributed by atoms with E-state index in [4.69, 9.17) is 11.6 Å². The molecule has 0 radical (unpaired) electrons. The van der Waals surface area contributed by atoms with Gasteiger partial charge in [-0.15, -0.1) is 11.3 Å². The van der Waals surface area contributed by atoms with Crippen LogP contribution in [-0.2, 0) is 17.6 Å². The molecule has 8 heteroatoms. The maximum atomic E-state index is 12.7. The Bertz CT molecular complexity index is 919. The average molecular weight is 425 g/mol. The molecule has 0 saturated heterocycles. The van der Waals surface area contributed by atoms with Crippen LogP contribution in [0.15, 0.2) is 58.8 Å². The minimum atomic E-state index is -2.63. The molecular weight excluding hydrogens is 410 g/mol. The van der Waals surface area contributed by atoms with Gasteiger partial charge in [-0.25, -0.2) is 4.98 Å². The van der Waals surface area contributed by atoms with Crippen molar-refractivity contribution >= 4 is 46.3 Å². The lowest BCUT2D eigenvalue weighted by Crippen LogP contribution is -2.15. The van der Waals surface area contributed by atoms with Crippen LogP contribution >= 0.6 is 34.7 Å². The molecule has 0 aliphatic rings. The Labute approximate surface area is 168 Å². The van der Waals surface area contributed by atoms with E-state index >= 15 is 0 Å². The van der Waals surface area contributed by atoms with Gasteiger partial charge in [-0.1, -0.05) is 59.8 Å². The number of benzene rings is 2. The first-order valence-corrected chi connectivity index (χ1v) is 10.2. The van der Waals surface area contributed by atoms with E-state index in [0.717, 1.165) is 10.6 Å². The summed E-state index contributed by atoms with van der Waals surface area (Å²) in [6.45, 7) is 0. The number of halogens is 3. The molecule has 0 aliphatic heterocycles. The van der Waals surface area contributed by atoms with Crippen LogP contribution < -0.4 is 5.32 Å². The Morgan fingerprint density at radius 3 is 2.70 bits per heavy atom. The lowest BCUT2D eigenvalue weighted by atomic mass is 10.2. The third kappa shape index (κ3) is 5.76. The molecule has 1 N–H and O–H groups in total. The van der Waals surface area contributed by atoms with Crippen LogP contribution in [0.3, 0.4) is 0 Å². The number of nitrogens with zero attached hydrogens (tertiary/aromatic N) is 1. The van der Waals surface area contributed by atoms with Crippen LogP contribution in [0.2, 0.25) is 5.02 Å². The molecule has 0 fully saturated rings. The molecule has 0 bridgehead atoms. The molecule has 0 unspecified atom stereocenters. The highest BCUT2D eigenvalue weighted by atomic mass is 35.5. The van der Waals surface area contributed by atoms with Crippen LogP contribution in [0.5, 0.6) is 0 Å². The largest absolute Gasteiger partial charge is 0.325 e. The summed E-state index contributed by atoms with van der Waals surface area (Å²) in [6, 6.07) is 14.6. The molecule has 1 amide bonds. The lowest BCUT2D eigenvalue weighted by Gasteiger charge is -2.11. The molecule has 27 heavy (non-hydrogen) atoms. The number of thiazole rings is 1. The Balaban J connectivity index is 1.64. The Morgan fingerprint density at radius 2 is 1.96 bits per heavy atom. The minimum absolute atomic E-state index is 0.0661. The van der Waals surface area contributed by atoms with E-state index in [1.807, 2.05) is 35.7 Å². The predicted molar refractivity (Wildman–Crippen MR) is 107 cm³/mol. The maximum absolute atomic E-state index is 12.7. The van der Waals surface area contributed by atoms with Crippen molar-refractivity contribution < 1.29 is 13.6 Å². The highest BCUT2D eigenvalue weighted by Gasteiger charge is 2.16. The van der Waals surface area contributed by atoms with E-state index in [1.54, 1.807) is 12.1 Å². The van der Waals surface area contributed by atoms with Crippen molar-refractivity contribution in [2.24, 2.45) is 0 Å². The van der Waals surface area contributed by atoms with Crippen LogP contribution in [0, 0.1) is 0 Å². The first-order chi connectivity index (χ1) is 13.0. The van der Waals surface area contributed by atoms with Gasteiger partial charge in [-0.2, -0.15) is 8.78 Å². The number of rotatable bonds is 7. The molecule has 0 spiro atoms. The van der Waals surface area contributed by atoms with Crippen LogP contribution in [0.1, 0.15) is 16.3 Å². The van der Waals surface area contributed by atoms with Crippen molar-refractivity contribution in [3.63, 3.8) is 0 Å². The second-order valence-electron chi connectivity index (χ2n) is 5.61. The van der Waals surface area contributed by atoms with E-state index in [-0.39, 0.29) is 27.9 Å². The smallest absolute Gasteiger partial charge is 0.289 e. The van der Waals surface area contributed by atoms with Gasteiger partial charge in [0.25, 0.3) is 5.76 Å². The van der Waals surface area contributed by atoms with Crippen molar-refractivity contribution in [1.82, 2.24) is 4.98 Å². The zero-order valence-corrected chi connectivity index (χ0v) is 16.4. The average Bonchev–Trinajstić information content (AvgIpc) is 3.05. The monoisotopic (exact) mass is 424 g/mol. The number of thioether (sulfide) groups is 1. The highest BCUT2D eigenvalue weighted by molar-refractivity contribution is 7.99. The number of amides is 1. The zero-order chi connectivity index (χ0) is 19.2. The fourth-order valence-electron chi connectivity index (χ4n) is 2.46. The SMILES string of the molecule is O=C(Cc1csc(Cc2ccccc2)n1)Nc1cccc(Cl)c1SC(F)F. The number of carbonyl (C=O) groups excluding carboxylic acids is 1. The van der Waals surface area contributed by atoms with E-state index in [9.17, 15) is 13.6 Å². The summed E-state index contributed by atoms with van der Waals surface area (Å²) in [7, 11) is 0. The molecular formula is C19H15ClF2N2OS2. The number of aromatic nitrogens is 1. The zero-order valence-electron chi connectivity index (χ0n) is 14.0. The van der Waals surface area contributed by atoms with Crippen molar-refractivity contribution in [1.29, 1.82) is 0 Å². The number of hydrogen-bond acceptors (Lipinski definition) is 4. The van der Waals surface area contributed by atoms with Gasteiger partial charge in [0, 0.05) is 11.8 Å². The van der Waals surface area contributed by atoms with Crippen molar-refractivity contribution in [3.8, 4) is 0 Å². The molecule has 0 atom stereocenters. The molecule has 3 aromatic rings. The lowest BCUT2D eigenvalue weighted by molar-refractivity contribution is -0.115. The fraction of sp³-hybridized carbons (Fsp3) is 0.158. The maximum Gasteiger partial charge on any atom is 0.289 e. The van der Waals surface area contributed by atoms with Gasteiger partial charge in [0.1, 0.15) is 0 Å². The third-order valence-corrected chi connectivity index (χ3v) is 5.77. The quantitative estimate of drug-likeness (QED) is 0.481. The van der Waals surface area contributed by atoms with Gasteiger partial charge < -0.3 is 5.32 Å². The van der Waals surface area contributed by atoms with Crippen molar-refractivity contribution in [2.45, 2.75) is 23.5 Å². The van der Waals surface area contributed by atoms with Gasteiger partial charge in [-0.3, -0.25) is 4.79 Å². The summed E-state index contributed by atoms with van der Waals surface area (Å²) in [5, 5.41) is 5.58. The van der Waals surface area contributed by atoms with E-state index in [1.165, 1.54) is 17.4 Å². The van der Waals surface area contributed by atoms with E-state index < -0.39 is 5.76 Å². The van der Waals surface area contributed by atoms with Gasteiger partial charge >= 0.3 is 0 Å². The number of alkyl halides is 2. The minimum Gasteiger partial charge on any atom is -0.325 e. The summed E-state index contributed by atoms with van der Waals surface area (Å²) in [5.41, 5.74) is 2.07. The predicted octanol–water partition coefficient (Wildman–Crippen LogP) is 5.88. The third-order valence-electron chi connectivity index (χ3n) is 3.59.